The summed E-state index contributed by atoms with van der Waals surface area (Å²) in [5.74, 6) is -3.11. The topological polar surface area (TPSA) is 430 Å². The average Bonchev–Trinajstić information content (AvgIpc) is 3.60. The first kappa shape index (κ1) is 61.6. The third kappa shape index (κ3) is 13.2. The van der Waals surface area contributed by atoms with Gasteiger partial charge in [-0.15, -0.1) is 20.5 Å². The molecule has 81 heavy (non-hydrogen) atoms. The Kier molecular flexibility index (Phi) is 17.8. The molecule has 0 aliphatic rings. The number of nitrogen functional groups attached to an aromatic ring is 1. The normalized spacial score (nSPS) is 13.0. The number of phenols is 1. The number of methoxy groups -OCH3 is 1. The summed E-state index contributed by atoms with van der Waals surface area (Å²) in [6, 6.07) is 13.7. The van der Waals surface area contributed by atoms with Gasteiger partial charge in [-0.25, -0.2) is 8.42 Å². The van der Waals surface area contributed by atoms with Crippen LogP contribution in [-0.2, 0) is 87.6 Å². The Balaban J connectivity index is 1.36. The Bertz CT molecular complexity index is 4500. The smallest absolute Gasteiger partial charge is 0.299 e. The van der Waals surface area contributed by atoms with E-state index < -0.39 is 136 Å². The van der Waals surface area contributed by atoms with Crippen molar-refractivity contribution in [3.63, 3.8) is 0 Å². The zero-order chi connectivity index (χ0) is 59.8. The van der Waals surface area contributed by atoms with Crippen molar-refractivity contribution < 1.29 is 81.6 Å². The van der Waals surface area contributed by atoms with Gasteiger partial charge in [0.05, 0.1) is 56.8 Å². The van der Waals surface area contributed by atoms with Crippen molar-refractivity contribution in [1.29, 1.82) is 0 Å². The predicted octanol–water partition coefficient (Wildman–Crippen LogP) is 7.20. The maximum Gasteiger partial charge on any atom is 0.299 e. The fourth-order valence-electron chi connectivity index (χ4n) is 7.87. The summed E-state index contributed by atoms with van der Waals surface area (Å²) < 4.78 is 191. The number of aryl methyl sites for hydroxylation is 2. The van der Waals surface area contributed by atoms with E-state index in [0.29, 0.717) is 16.8 Å². The fraction of sp³-hybridized carbons (Fsp3) is 0.222. The number of nitrogens with zero attached hydrogens (tertiary/aromatic N) is 7. The van der Waals surface area contributed by atoms with Crippen molar-refractivity contribution in [2.24, 2.45) is 20.5 Å². The van der Waals surface area contributed by atoms with Gasteiger partial charge in [0.15, 0.2) is 15.6 Å². The van der Waals surface area contributed by atoms with Crippen LogP contribution in [0.2, 0.25) is 5.28 Å². The van der Waals surface area contributed by atoms with Crippen LogP contribution in [-0.4, -0.2) is 123 Å². The molecule has 7 aromatic rings. The lowest BCUT2D eigenvalue weighted by Crippen LogP contribution is -2.13. The number of azo groups is 2. The molecule has 0 bridgehead atoms. The molecule has 7 rings (SSSR count). The summed E-state index contributed by atoms with van der Waals surface area (Å²) in [5.41, 5.74) is 4.05. The first-order chi connectivity index (χ1) is 37.8. The molecule has 0 unspecified atom stereocenters. The standard InChI is InChI=1S/C45H45ClN10O19S6/c1-23-18-36(76(58,59)16-15-71-3)24(2)17-31(23)49-45-51-43(46)50-44(52-45)48-26-11-14-35(79(65,66)73-5)32(20-26)54-55-33-21-37(80(67,68)74-6)29-19-25(22-77(60,61)62)40(41(57)38(29)39(33)47)56-53-30-13-12-27-28(42(30)81(69,70)75-7)9-8-10-34(27)78(63,64)72-4/h8-14,17-21,57H,15-16,22,47H2,1-7H3,(H,60,61,62)(H2,48,49,50,51,52). The Morgan fingerprint density at radius 2 is 1.20 bits per heavy atom. The van der Waals surface area contributed by atoms with E-state index in [-0.39, 0.29) is 50.9 Å². The van der Waals surface area contributed by atoms with Gasteiger partial charge in [0.2, 0.25) is 17.2 Å². The number of hydrogen-bond acceptors (Lipinski definition) is 28. The van der Waals surface area contributed by atoms with Crippen LogP contribution in [0.15, 0.2) is 118 Å². The Morgan fingerprint density at radius 1 is 0.593 bits per heavy atom. The maximum absolute atomic E-state index is 13.6. The molecule has 1 aromatic heterocycles. The quantitative estimate of drug-likeness (QED) is 0.0194. The molecule has 6 aromatic carbocycles. The largest absolute Gasteiger partial charge is 0.505 e. The van der Waals surface area contributed by atoms with Gasteiger partial charge < -0.3 is 26.2 Å². The number of sulfone groups is 1. The van der Waals surface area contributed by atoms with Crippen molar-refractivity contribution in [3.05, 3.63) is 94.8 Å². The fourth-order valence-corrected chi connectivity index (χ4v) is 13.6. The van der Waals surface area contributed by atoms with E-state index >= 15 is 0 Å². The second-order valence-corrected chi connectivity index (χ2v) is 27.3. The number of hydrogen-bond donors (Lipinski definition) is 5. The molecule has 1 heterocycles. The highest BCUT2D eigenvalue weighted by Crippen LogP contribution is 2.49. The molecule has 0 amide bonds. The zero-order valence-corrected chi connectivity index (χ0v) is 48.6. The van der Waals surface area contributed by atoms with Crippen LogP contribution < -0.4 is 16.4 Å². The molecule has 0 spiro atoms. The minimum atomic E-state index is -5.08. The lowest BCUT2D eigenvalue weighted by molar-refractivity contribution is 0.217. The first-order valence-corrected chi connectivity index (χ1v) is 31.7. The molecule has 36 heteroatoms. The Morgan fingerprint density at radius 3 is 1.83 bits per heavy atom. The highest BCUT2D eigenvalue weighted by atomic mass is 35.5. The molecule has 6 N–H and O–H groups in total. The van der Waals surface area contributed by atoms with E-state index in [1.54, 1.807) is 19.9 Å². The third-order valence-electron chi connectivity index (χ3n) is 11.7. The Labute approximate surface area is 468 Å². The number of nitrogens with two attached hydrogens (primary N) is 1. The highest BCUT2D eigenvalue weighted by Gasteiger charge is 2.30. The van der Waals surface area contributed by atoms with Crippen LogP contribution in [0.25, 0.3) is 21.5 Å². The van der Waals surface area contributed by atoms with E-state index in [9.17, 15) is 60.2 Å². The molecule has 0 aliphatic carbocycles. The minimum absolute atomic E-state index is 0.0167. The number of benzene rings is 6. The van der Waals surface area contributed by atoms with E-state index in [2.05, 4.69) is 50.2 Å². The third-order valence-corrected chi connectivity index (χ3v) is 19.7. The van der Waals surface area contributed by atoms with Crippen LogP contribution >= 0.6 is 11.6 Å². The number of nitrogens with one attached hydrogen (secondary N) is 2. The zero-order valence-electron chi connectivity index (χ0n) is 42.9. The van der Waals surface area contributed by atoms with Crippen LogP contribution in [0.5, 0.6) is 5.75 Å². The minimum Gasteiger partial charge on any atom is -0.505 e. The van der Waals surface area contributed by atoms with E-state index in [1.165, 1.54) is 31.4 Å². The van der Waals surface area contributed by atoms with Gasteiger partial charge in [0.25, 0.3) is 50.6 Å². The van der Waals surface area contributed by atoms with Crippen molar-refractivity contribution in [2.45, 2.75) is 44.1 Å². The van der Waals surface area contributed by atoms with Crippen LogP contribution in [0, 0.1) is 13.8 Å². The van der Waals surface area contributed by atoms with Gasteiger partial charge in [0.1, 0.15) is 48.1 Å². The number of rotatable bonds is 22. The number of aromatic nitrogens is 3. The number of phenolic OH excluding ortho intramolecular Hbond substituents is 1. The van der Waals surface area contributed by atoms with Gasteiger partial charge in [-0.3, -0.25) is 21.3 Å². The number of aromatic hydroxyl groups is 1. The summed E-state index contributed by atoms with van der Waals surface area (Å²) in [5, 5.41) is 31.9. The van der Waals surface area contributed by atoms with E-state index in [4.69, 9.17) is 34.6 Å². The van der Waals surface area contributed by atoms with Gasteiger partial charge in [-0.05, 0) is 91.2 Å². The molecule has 29 nitrogen and oxygen atoms in total. The van der Waals surface area contributed by atoms with Crippen LogP contribution in [0.4, 0.5) is 51.7 Å². The number of halogens is 1. The first-order valence-electron chi connectivity index (χ1n) is 22.4. The molecular formula is C45H45ClN10O19S6. The van der Waals surface area contributed by atoms with E-state index in [1.807, 2.05) is 0 Å². The molecule has 0 saturated heterocycles. The lowest BCUT2D eigenvalue weighted by Gasteiger charge is -2.16. The van der Waals surface area contributed by atoms with Crippen molar-refractivity contribution in [3.8, 4) is 5.75 Å². The predicted molar refractivity (Wildman–Crippen MR) is 292 cm³/mol. The number of ether oxygens (including phenoxy) is 1. The Hall–Kier alpha value is -7.00. The average molecular weight is 1260 g/mol. The molecular weight excluding hydrogens is 1210 g/mol. The van der Waals surface area contributed by atoms with Crippen molar-refractivity contribution in [2.75, 3.05) is 64.3 Å². The van der Waals surface area contributed by atoms with Gasteiger partial charge in [-0.1, -0.05) is 18.2 Å². The summed E-state index contributed by atoms with van der Waals surface area (Å²) in [6.07, 6.45) is 0. The molecule has 0 radical (unpaired) electrons. The number of fused-ring (bicyclic) bond motifs is 2. The molecule has 0 aliphatic heterocycles. The van der Waals surface area contributed by atoms with Crippen LogP contribution in [0.3, 0.4) is 0 Å². The van der Waals surface area contributed by atoms with E-state index in [0.717, 1.165) is 70.9 Å². The van der Waals surface area contributed by atoms with Gasteiger partial charge in [-0.2, -0.15) is 57.0 Å². The number of anilines is 5. The SMILES string of the molecule is COCCS(=O)(=O)c1cc(C)c(Nc2nc(Cl)nc(Nc3ccc(S(=O)(=O)OC)c(N=Nc4cc(S(=O)(=O)OC)c5cc(CS(=O)(=O)O)c(N=Nc6ccc7c(S(=O)(=O)OC)cccc7c6S(=O)(=O)OC)c(O)c5c4N)c3)n2)cc1C. The van der Waals surface area contributed by atoms with Crippen molar-refractivity contribution in [1.82, 2.24) is 15.0 Å². The molecule has 0 saturated carbocycles. The van der Waals surface area contributed by atoms with Crippen LogP contribution in [0.1, 0.15) is 16.7 Å². The summed E-state index contributed by atoms with van der Waals surface area (Å²) in [7, 11) is -23.0. The van der Waals surface area contributed by atoms with Crippen molar-refractivity contribution >= 4 is 145 Å². The summed E-state index contributed by atoms with van der Waals surface area (Å²) >= 11 is 6.28. The molecule has 0 atom stereocenters. The maximum atomic E-state index is 13.6. The van der Waals surface area contributed by atoms with Gasteiger partial charge >= 0.3 is 0 Å². The second kappa shape index (κ2) is 23.5. The van der Waals surface area contributed by atoms with Gasteiger partial charge in [0, 0.05) is 40.2 Å². The lowest BCUT2D eigenvalue weighted by atomic mass is 10.0. The monoisotopic (exact) mass is 1260 g/mol. The molecule has 432 valence electrons. The molecule has 0 fully saturated rings. The summed E-state index contributed by atoms with van der Waals surface area (Å²) in [4.78, 5) is 9.90. The highest BCUT2D eigenvalue weighted by molar-refractivity contribution is 7.91. The second-order valence-electron chi connectivity index (χ2n) is 16.8. The summed E-state index contributed by atoms with van der Waals surface area (Å²) in [6.45, 7) is 3.23.